The molecule has 0 fully saturated rings. The van der Waals surface area contributed by atoms with E-state index in [1.165, 1.54) is 6.92 Å². The molecule has 6 heteroatoms. The van der Waals surface area contributed by atoms with Gasteiger partial charge in [-0.05, 0) is 50.5 Å². The lowest BCUT2D eigenvalue weighted by Gasteiger charge is -2.30. The molecule has 1 heterocycles. The van der Waals surface area contributed by atoms with E-state index in [2.05, 4.69) is 10.5 Å². The largest absolute Gasteiger partial charge is 0.361 e. The molecular weight excluding hydrogens is 390 g/mol. The fourth-order valence-electron chi connectivity index (χ4n) is 3.72. The molecule has 0 spiro atoms. The van der Waals surface area contributed by atoms with E-state index in [-0.39, 0.29) is 17.9 Å². The lowest BCUT2D eigenvalue weighted by atomic mass is 10.0. The fourth-order valence-corrected chi connectivity index (χ4v) is 3.72. The summed E-state index contributed by atoms with van der Waals surface area (Å²) in [7, 11) is 0. The number of aromatic nitrogens is 1. The molecule has 0 bridgehead atoms. The molecule has 6 nitrogen and oxygen atoms in total. The molecule has 3 aromatic rings. The first-order chi connectivity index (χ1) is 14.8. The molecule has 0 aliphatic carbocycles. The van der Waals surface area contributed by atoms with E-state index in [1.807, 2.05) is 80.3 Å². The first kappa shape index (κ1) is 22.3. The van der Waals surface area contributed by atoms with Crippen LogP contribution in [0.25, 0.3) is 0 Å². The second-order valence-corrected chi connectivity index (χ2v) is 7.79. The van der Waals surface area contributed by atoms with Gasteiger partial charge in [-0.15, -0.1) is 0 Å². The summed E-state index contributed by atoms with van der Waals surface area (Å²) in [4.78, 5) is 26.7. The van der Waals surface area contributed by atoms with Crippen molar-refractivity contribution in [3.05, 3.63) is 82.7 Å². The number of carbonyl (C=O) groups excluding carboxylic acids is 2. The van der Waals surface area contributed by atoms with Crippen molar-refractivity contribution in [2.45, 2.75) is 53.1 Å². The number of rotatable bonds is 8. The molecule has 1 atom stereocenters. The number of carbonyl (C=O) groups is 2. The SMILES string of the molecule is CC(=O)Nc1cccc(C(C)N(Cc2ccccc2)C(=O)CCc2c(C)noc2C)c1. The van der Waals surface area contributed by atoms with Crippen molar-refractivity contribution in [1.82, 2.24) is 10.1 Å². The van der Waals surface area contributed by atoms with E-state index in [4.69, 9.17) is 4.52 Å². The average Bonchev–Trinajstić information content (AvgIpc) is 3.07. The van der Waals surface area contributed by atoms with Crippen LogP contribution in [-0.2, 0) is 22.6 Å². The third-order valence-corrected chi connectivity index (χ3v) is 5.44. The Hall–Kier alpha value is -3.41. The monoisotopic (exact) mass is 419 g/mol. The number of hydrogen-bond acceptors (Lipinski definition) is 4. The number of nitrogens with one attached hydrogen (secondary N) is 1. The number of benzene rings is 2. The van der Waals surface area contributed by atoms with E-state index in [1.54, 1.807) is 0 Å². The Labute approximate surface area is 183 Å². The Kier molecular flexibility index (Phi) is 7.23. The van der Waals surface area contributed by atoms with Crippen molar-refractivity contribution >= 4 is 17.5 Å². The van der Waals surface area contributed by atoms with Crippen molar-refractivity contribution in [2.24, 2.45) is 0 Å². The molecule has 3 rings (SSSR count). The van der Waals surface area contributed by atoms with Crippen molar-refractivity contribution in [3.63, 3.8) is 0 Å². The van der Waals surface area contributed by atoms with Gasteiger partial charge in [0.2, 0.25) is 11.8 Å². The molecular formula is C25H29N3O3. The number of aryl methyl sites for hydroxylation is 2. The minimum absolute atomic E-state index is 0.0567. The average molecular weight is 420 g/mol. The summed E-state index contributed by atoms with van der Waals surface area (Å²) in [6.07, 6.45) is 0.954. The van der Waals surface area contributed by atoms with Gasteiger partial charge < -0.3 is 14.7 Å². The highest BCUT2D eigenvalue weighted by atomic mass is 16.5. The van der Waals surface area contributed by atoms with E-state index in [0.29, 0.717) is 19.4 Å². The lowest BCUT2D eigenvalue weighted by molar-refractivity contribution is -0.134. The van der Waals surface area contributed by atoms with Gasteiger partial charge >= 0.3 is 0 Å². The minimum atomic E-state index is -0.161. The number of amides is 2. The molecule has 0 saturated carbocycles. The highest BCUT2D eigenvalue weighted by Gasteiger charge is 2.23. The highest BCUT2D eigenvalue weighted by molar-refractivity contribution is 5.88. The third kappa shape index (κ3) is 5.81. The maximum Gasteiger partial charge on any atom is 0.223 e. The predicted octanol–water partition coefficient (Wildman–Crippen LogP) is 4.97. The summed E-state index contributed by atoms with van der Waals surface area (Å²) in [6.45, 7) is 7.78. The molecule has 162 valence electrons. The van der Waals surface area contributed by atoms with Crippen LogP contribution in [0.3, 0.4) is 0 Å². The summed E-state index contributed by atoms with van der Waals surface area (Å²) in [6, 6.07) is 17.4. The summed E-state index contributed by atoms with van der Waals surface area (Å²) in [5, 5.41) is 6.80. The molecule has 2 aromatic carbocycles. The van der Waals surface area contributed by atoms with Gasteiger partial charge in [-0.25, -0.2) is 0 Å². The molecule has 0 aliphatic heterocycles. The van der Waals surface area contributed by atoms with Crippen LogP contribution < -0.4 is 5.32 Å². The highest BCUT2D eigenvalue weighted by Crippen LogP contribution is 2.26. The smallest absolute Gasteiger partial charge is 0.223 e. The fraction of sp³-hybridized carbons (Fsp3) is 0.320. The van der Waals surface area contributed by atoms with Crippen LogP contribution in [0, 0.1) is 13.8 Å². The molecule has 1 N–H and O–H groups in total. The van der Waals surface area contributed by atoms with Crippen molar-refractivity contribution in [1.29, 1.82) is 0 Å². The van der Waals surface area contributed by atoms with Crippen LogP contribution in [0.4, 0.5) is 5.69 Å². The molecule has 0 saturated heterocycles. The summed E-state index contributed by atoms with van der Waals surface area (Å²) < 4.78 is 5.24. The molecule has 0 radical (unpaired) electrons. The van der Waals surface area contributed by atoms with Crippen molar-refractivity contribution in [2.75, 3.05) is 5.32 Å². The maximum atomic E-state index is 13.3. The number of nitrogens with zero attached hydrogens (tertiary/aromatic N) is 2. The van der Waals surface area contributed by atoms with E-state index >= 15 is 0 Å². The summed E-state index contributed by atoms with van der Waals surface area (Å²) in [5.41, 5.74) is 4.58. The second-order valence-electron chi connectivity index (χ2n) is 7.79. The molecule has 0 aliphatic rings. The van der Waals surface area contributed by atoms with Gasteiger partial charge in [-0.1, -0.05) is 47.6 Å². The quantitative estimate of drug-likeness (QED) is 0.559. The zero-order chi connectivity index (χ0) is 22.4. The van der Waals surface area contributed by atoms with Crippen LogP contribution in [0.5, 0.6) is 0 Å². The third-order valence-electron chi connectivity index (χ3n) is 5.44. The molecule has 31 heavy (non-hydrogen) atoms. The Morgan fingerprint density at radius 3 is 2.48 bits per heavy atom. The van der Waals surface area contributed by atoms with Crippen molar-refractivity contribution in [3.8, 4) is 0 Å². The van der Waals surface area contributed by atoms with Gasteiger partial charge in [0.25, 0.3) is 0 Å². The number of hydrogen-bond donors (Lipinski definition) is 1. The first-order valence-electron chi connectivity index (χ1n) is 10.5. The lowest BCUT2D eigenvalue weighted by Crippen LogP contribution is -2.33. The van der Waals surface area contributed by atoms with Crippen LogP contribution >= 0.6 is 0 Å². The Bertz CT molecular complexity index is 1020. The van der Waals surface area contributed by atoms with Gasteiger partial charge in [0, 0.05) is 31.1 Å². The predicted molar refractivity (Wildman–Crippen MR) is 120 cm³/mol. The zero-order valence-corrected chi connectivity index (χ0v) is 18.5. The Morgan fingerprint density at radius 1 is 1.10 bits per heavy atom. The Balaban J connectivity index is 1.83. The van der Waals surface area contributed by atoms with Gasteiger partial charge in [0.15, 0.2) is 0 Å². The summed E-state index contributed by atoms with van der Waals surface area (Å²) >= 11 is 0. The van der Waals surface area contributed by atoms with Crippen LogP contribution in [-0.4, -0.2) is 21.9 Å². The maximum absolute atomic E-state index is 13.3. The van der Waals surface area contributed by atoms with Crippen LogP contribution in [0.1, 0.15) is 54.5 Å². The van der Waals surface area contributed by atoms with Gasteiger partial charge in [-0.2, -0.15) is 0 Å². The molecule has 1 aromatic heterocycles. The topological polar surface area (TPSA) is 75.4 Å². The van der Waals surface area contributed by atoms with Gasteiger partial charge in [0.05, 0.1) is 11.7 Å². The summed E-state index contributed by atoms with van der Waals surface area (Å²) in [5.74, 6) is 0.693. The van der Waals surface area contributed by atoms with E-state index < -0.39 is 0 Å². The van der Waals surface area contributed by atoms with Crippen molar-refractivity contribution < 1.29 is 14.1 Å². The zero-order valence-electron chi connectivity index (χ0n) is 18.5. The van der Waals surface area contributed by atoms with Gasteiger partial charge in [0.1, 0.15) is 5.76 Å². The van der Waals surface area contributed by atoms with E-state index in [0.717, 1.165) is 33.8 Å². The minimum Gasteiger partial charge on any atom is -0.361 e. The van der Waals surface area contributed by atoms with E-state index in [9.17, 15) is 9.59 Å². The molecule has 1 unspecified atom stereocenters. The Morgan fingerprint density at radius 2 is 1.84 bits per heavy atom. The van der Waals surface area contributed by atoms with Crippen LogP contribution in [0.2, 0.25) is 0 Å². The first-order valence-corrected chi connectivity index (χ1v) is 10.5. The number of anilines is 1. The van der Waals surface area contributed by atoms with Crippen LogP contribution in [0.15, 0.2) is 59.1 Å². The standard InChI is InChI=1S/C25H29N3O3/c1-17-24(19(3)31-27-17)13-14-25(30)28(16-21-9-6-5-7-10-21)18(2)22-11-8-12-23(15-22)26-20(4)29/h5-12,15,18H,13-14,16H2,1-4H3,(H,26,29). The van der Waals surface area contributed by atoms with Gasteiger partial charge in [-0.3, -0.25) is 9.59 Å². The second kappa shape index (κ2) is 10.1. The molecule has 2 amide bonds. The normalized spacial score (nSPS) is 11.7.